The lowest BCUT2D eigenvalue weighted by Gasteiger charge is -2.20. The molecule has 0 aliphatic heterocycles. The van der Waals surface area contributed by atoms with Crippen LogP contribution in [-0.2, 0) is 9.59 Å². The number of aromatic nitrogens is 1. The number of carbonyl (C=O) groups is 2. The molecule has 0 aliphatic rings. The molecule has 21 heavy (non-hydrogen) atoms. The van der Waals surface area contributed by atoms with Crippen LogP contribution in [0.2, 0.25) is 5.02 Å². The first-order valence-electron chi connectivity index (χ1n) is 6.22. The van der Waals surface area contributed by atoms with E-state index in [4.69, 9.17) is 16.1 Å². The third kappa shape index (κ3) is 4.06. The first-order chi connectivity index (χ1) is 9.95. The van der Waals surface area contributed by atoms with Crippen molar-refractivity contribution in [2.75, 3.05) is 16.8 Å². The second-order valence-corrected chi connectivity index (χ2v) is 4.89. The third-order valence-corrected chi connectivity index (χ3v) is 2.97. The summed E-state index contributed by atoms with van der Waals surface area (Å²) in [7, 11) is 0. The van der Waals surface area contributed by atoms with Crippen LogP contribution < -0.4 is 10.2 Å². The van der Waals surface area contributed by atoms with Crippen molar-refractivity contribution < 1.29 is 14.1 Å². The number of halogens is 1. The average molecular weight is 308 g/mol. The molecule has 1 heterocycles. The molecular weight excluding hydrogens is 294 g/mol. The fraction of sp³-hybridized carbons (Fsp3) is 0.214. The van der Waals surface area contributed by atoms with Gasteiger partial charge in [0.1, 0.15) is 12.3 Å². The summed E-state index contributed by atoms with van der Waals surface area (Å²) in [4.78, 5) is 25.0. The molecule has 1 aromatic heterocycles. The molecule has 0 aliphatic carbocycles. The largest absolute Gasteiger partial charge is 0.360 e. The lowest BCUT2D eigenvalue weighted by molar-refractivity contribution is -0.120. The van der Waals surface area contributed by atoms with Gasteiger partial charge in [-0.25, -0.2) is 0 Å². The monoisotopic (exact) mass is 307 g/mol. The molecule has 2 aromatic rings. The molecule has 0 atom stereocenters. The van der Waals surface area contributed by atoms with Gasteiger partial charge in [-0.15, -0.1) is 0 Å². The van der Waals surface area contributed by atoms with Crippen LogP contribution in [0.25, 0.3) is 0 Å². The van der Waals surface area contributed by atoms with Gasteiger partial charge in [-0.2, -0.15) is 0 Å². The molecule has 110 valence electrons. The minimum absolute atomic E-state index is 0.122. The number of carbonyl (C=O) groups excluding carboxylic acids is 2. The highest BCUT2D eigenvalue weighted by atomic mass is 35.5. The fourth-order valence-corrected chi connectivity index (χ4v) is 1.88. The van der Waals surface area contributed by atoms with E-state index in [1.54, 1.807) is 37.3 Å². The van der Waals surface area contributed by atoms with Crippen molar-refractivity contribution in [3.8, 4) is 0 Å². The number of hydrogen-bond donors (Lipinski definition) is 1. The van der Waals surface area contributed by atoms with E-state index in [-0.39, 0.29) is 18.4 Å². The Kier molecular flexibility index (Phi) is 4.59. The third-order valence-electron chi connectivity index (χ3n) is 2.72. The molecule has 0 radical (unpaired) electrons. The number of aryl methyl sites for hydroxylation is 1. The summed E-state index contributed by atoms with van der Waals surface area (Å²) in [5, 5.41) is 6.79. The zero-order valence-corrected chi connectivity index (χ0v) is 12.3. The van der Waals surface area contributed by atoms with Gasteiger partial charge in [0.05, 0.1) is 0 Å². The maximum atomic E-state index is 12.0. The van der Waals surface area contributed by atoms with E-state index in [0.29, 0.717) is 22.3 Å². The summed E-state index contributed by atoms with van der Waals surface area (Å²) < 4.78 is 4.86. The maximum Gasteiger partial charge on any atom is 0.245 e. The molecule has 2 amide bonds. The predicted octanol–water partition coefficient (Wildman–Crippen LogP) is 2.63. The van der Waals surface area contributed by atoms with E-state index < -0.39 is 0 Å². The van der Waals surface area contributed by atoms with E-state index in [1.807, 2.05) is 0 Å². The normalized spacial score (nSPS) is 10.2. The van der Waals surface area contributed by atoms with Crippen LogP contribution >= 0.6 is 11.6 Å². The van der Waals surface area contributed by atoms with Gasteiger partial charge in [-0.1, -0.05) is 16.8 Å². The number of nitrogens with one attached hydrogen (secondary N) is 1. The zero-order valence-electron chi connectivity index (χ0n) is 11.6. The van der Waals surface area contributed by atoms with E-state index >= 15 is 0 Å². The Hall–Kier alpha value is -2.34. The number of nitrogens with zero attached hydrogens (tertiary/aromatic N) is 2. The number of hydrogen-bond acceptors (Lipinski definition) is 4. The predicted molar refractivity (Wildman–Crippen MR) is 79.3 cm³/mol. The SMILES string of the molecule is CC(=O)N(CC(=O)Nc1cc(C)on1)c1ccc(Cl)cc1. The standard InChI is InChI=1S/C14H14ClN3O3/c1-9-7-13(17-21-9)16-14(20)8-18(10(2)19)12-5-3-11(15)4-6-12/h3-7H,8H2,1-2H3,(H,16,17,20). The molecule has 0 unspecified atom stereocenters. The second kappa shape index (κ2) is 6.41. The summed E-state index contributed by atoms with van der Waals surface area (Å²) in [5.41, 5.74) is 0.596. The van der Waals surface area contributed by atoms with Crippen LogP contribution in [-0.4, -0.2) is 23.5 Å². The molecule has 7 heteroatoms. The number of benzene rings is 1. The average Bonchev–Trinajstić information content (AvgIpc) is 2.82. The van der Waals surface area contributed by atoms with Gasteiger partial charge in [0.2, 0.25) is 11.8 Å². The summed E-state index contributed by atoms with van der Waals surface area (Å²) in [6.07, 6.45) is 0. The van der Waals surface area contributed by atoms with Crippen LogP contribution in [0.15, 0.2) is 34.9 Å². The Morgan fingerprint density at radius 3 is 2.52 bits per heavy atom. The van der Waals surface area contributed by atoms with Crippen LogP contribution in [0.4, 0.5) is 11.5 Å². The molecule has 2 rings (SSSR count). The summed E-state index contributed by atoms with van der Waals surface area (Å²) >= 11 is 5.81. The first-order valence-corrected chi connectivity index (χ1v) is 6.60. The van der Waals surface area contributed by atoms with Crippen molar-refractivity contribution in [1.82, 2.24) is 5.16 Å². The Bertz CT molecular complexity index is 652. The number of amides is 2. The van der Waals surface area contributed by atoms with Crippen molar-refractivity contribution in [3.05, 3.63) is 41.1 Å². The maximum absolute atomic E-state index is 12.0. The molecule has 0 bridgehead atoms. The number of rotatable bonds is 4. The van der Waals surface area contributed by atoms with Crippen LogP contribution in [0.3, 0.4) is 0 Å². The first kappa shape index (κ1) is 15.1. The molecular formula is C14H14ClN3O3. The molecule has 0 fully saturated rings. The Labute approximate surface area is 126 Å². The lowest BCUT2D eigenvalue weighted by atomic mass is 10.2. The molecule has 0 saturated carbocycles. The lowest BCUT2D eigenvalue weighted by Crippen LogP contribution is -2.36. The van der Waals surface area contributed by atoms with Gasteiger partial charge in [-0.05, 0) is 31.2 Å². The minimum Gasteiger partial charge on any atom is -0.360 e. The van der Waals surface area contributed by atoms with Gasteiger partial charge in [0.25, 0.3) is 0 Å². The van der Waals surface area contributed by atoms with Gasteiger partial charge < -0.3 is 14.7 Å². The Morgan fingerprint density at radius 1 is 1.33 bits per heavy atom. The highest BCUT2D eigenvalue weighted by Gasteiger charge is 2.16. The van der Waals surface area contributed by atoms with E-state index in [2.05, 4.69) is 10.5 Å². The summed E-state index contributed by atoms with van der Waals surface area (Å²) in [5.74, 6) is 0.292. The van der Waals surface area contributed by atoms with Crippen molar-refractivity contribution in [1.29, 1.82) is 0 Å². The van der Waals surface area contributed by atoms with Crippen molar-refractivity contribution in [3.63, 3.8) is 0 Å². The molecule has 6 nitrogen and oxygen atoms in total. The summed E-state index contributed by atoms with van der Waals surface area (Å²) in [6, 6.07) is 8.27. The highest BCUT2D eigenvalue weighted by molar-refractivity contribution is 6.30. The summed E-state index contributed by atoms with van der Waals surface area (Å²) in [6.45, 7) is 2.99. The molecule has 1 aromatic carbocycles. The van der Waals surface area contributed by atoms with Gasteiger partial charge in [0, 0.05) is 23.7 Å². The van der Waals surface area contributed by atoms with Crippen LogP contribution in [0.5, 0.6) is 0 Å². The fourth-order valence-electron chi connectivity index (χ4n) is 1.76. The van der Waals surface area contributed by atoms with Crippen molar-refractivity contribution >= 4 is 34.9 Å². The molecule has 1 N–H and O–H groups in total. The topological polar surface area (TPSA) is 75.4 Å². The number of anilines is 2. The van der Waals surface area contributed by atoms with E-state index in [0.717, 1.165) is 0 Å². The Balaban J connectivity index is 2.07. The van der Waals surface area contributed by atoms with Crippen LogP contribution in [0, 0.1) is 6.92 Å². The quantitative estimate of drug-likeness (QED) is 0.942. The molecule has 0 saturated heterocycles. The second-order valence-electron chi connectivity index (χ2n) is 4.45. The molecule has 0 spiro atoms. The van der Waals surface area contributed by atoms with Crippen molar-refractivity contribution in [2.24, 2.45) is 0 Å². The smallest absolute Gasteiger partial charge is 0.245 e. The minimum atomic E-state index is -0.367. The Morgan fingerprint density at radius 2 is 2.00 bits per heavy atom. The van der Waals surface area contributed by atoms with Gasteiger partial charge in [-0.3, -0.25) is 9.59 Å². The van der Waals surface area contributed by atoms with E-state index in [9.17, 15) is 9.59 Å². The van der Waals surface area contributed by atoms with E-state index in [1.165, 1.54) is 11.8 Å². The van der Waals surface area contributed by atoms with Gasteiger partial charge >= 0.3 is 0 Å². The van der Waals surface area contributed by atoms with Crippen LogP contribution in [0.1, 0.15) is 12.7 Å². The van der Waals surface area contributed by atoms with Gasteiger partial charge in [0.15, 0.2) is 5.82 Å². The van der Waals surface area contributed by atoms with Crippen molar-refractivity contribution in [2.45, 2.75) is 13.8 Å². The highest BCUT2D eigenvalue weighted by Crippen LogP contribution is 2.18. The zero-order chi connectivity index (χ0) is 15.4.